The molecule has 0 radical (unpaired) electrons. The van der Waals surface area contributed by atoms with Crippen LogP contribution in [-0.4, -0.2) is 26.6 Å². The molecular weight excluding hydrogens is 366 g/mol. The summed E-state index contributed by atoms with van der Waals surface area (Å²) in [6.45, 7) is 2.68. The van der Waals surface area contributed by atoms with E-state index in [9.17, 15) is 9.59 Å². The van der Waals surface area contributed by atoms with Crippen LogP contribution in [0.4, 0.5) is 5.69 Å². The van der Waals surface area contributed by atoms with Crippen molar-refractivity contribution >= 4 is 17.5 Å². The van der Waals surface area contributed by atoms with E-state index < -0.39 is 5.41 Å². The van der Waals surface area contributed by atoms with Crippen molar-refractivity contribution in [3.8, 4) is 5.69 Å². The number of aromatic nitrogens is 3. The third-order valence-electron chi connectivity index (χ3n) is 5.62. The predicted octanol–water partition coefficient (Wildman–Crippen LogP) is 2.96. The molecule has 1 aliphatic heterocycles. The average molecular weight is 389 g/mol. The molecule has 7 nitrogen and oxygen atoms in total. The van der Waals surface area contributed by atoms with Crippen LogP contribution in [-0.2, 0) is 21.5 Å². The van der Waals surface area contributed by atoms with Crippen LogP contribution in [0.5, 0.6) is 0 Å². The molecule has 1 aromatic heterocycles. The van der Waals surface area contributed by atoms with Crippen molar-refractivity contribution in [3.05, 3.63) is 72.3 Å². The summed E-state index contributed by atoms with van der Waals surface area (Å²) < 4.78 is 1.72. The largest absolute Gasteiger partial charge is 0.381 e. The van der Waals surface area contributed by atoms with Gasteiger partial charge in [0, 0.05) is 18.7 Å². The summed E-state index contributed by atoms with van der Waals surface area (Å²) >= 11 is 0. The van der Waals surface area contributed by atoms with Crippen LogP contribution in [0.2, 0.25) is 0 Å². The Morgan fingerprint density at radius 2 is 1.86 bits per heavy atom. The highest BCUT2D eigenvalue weighted by molar-refractivity contribution is 6.03. The number of carbonyl (C=O) groups excluding carboxylic acids is 2. The minimum absolute atomic E-state index is 0.188. The summed E-state index contributed by atoms with van der Waals surface area (Å²) in [6.07, 6.45) is 4.78. The average Bonchev–Trinajstić information content (AvgIpc) is 3.29. The number of piperidine rings is 1. The molecule has 0 bridgehead atoms. The van der Waals surface area contributed by atoms with Crippen LogP contribution >= 0.6 is 0 Å². The number of hydrogen-bond donors (Lipinski definition) is 2. The predicted molar refractivity (Wildman–Crippen MR) is 109 cm³/mol. The Hall–Kier alpha value is -3.48. The molecule has 2 aromatic carbocycles. The first-order valence-corrected chi connectivity index (χ1v) is 9.73. The highest BCUT2D eigenvalue weighted by Crippen LogP contribution is 2.36. The van der Waals surface area contributed by atoms with E-state index in [2.05, 4.69) is 20.7 Å². The second-order valence-electron chi connectivity index (χ2n) is 7.25. The van der Waals surface area contributed by atoms with Gasteiger partial charge in [-0.3, -0.25) is 14.9 Å². The lowest BCUT2D eigenvalue weighted by Gasteiger charge is -2.35. The van der Waals surface area contributed by atoms with Crippen molar-refractivity contribution in [3.63, 3.8) is 0 Å². The summed E-state index contributed by atoms with van der Waals surface area (Å²) in [5.41, 5.74) is 3.42. The maximum Gasteiger partial charge on any atom is 0.237 e. The maximum absolute atomic E-state index is 12.5. The van der Waals surface area contributed by atoms with E-state index in [0.717, 1.165) is 22.5 Å². The van der Waals surface area contributed by atoms with Gasteiger partial charge in [-0.05, 0) is 48.2 Å². The van der Waals surface area contributed by atoms with Gasteiger partial charge in [0.05, 0.1) is 11.1 Å². The molecule has 2 amide bonds. The number of imide groups is 1. The monoisotopic (exact) mass is 389 g/mol. The number of nitrogens with one attached hydrogen (secondary N) is 2. The molecule has 4 rings (SSSR count). The second kappa shape index (κ2) is 7.87. The second-order valence-corrected chi connectivity index (χ2v) is 7.25. The number of amides is 2. The fourth-order valence-corrected chi connectivity index (χ4v) is 3.79. The van der Waals surface area contributed by atoms with Gasteiger partial charge in [0.2, 0.25) is 11.8 Å². The molecule has 0 unspecified atom stereocenters. The molecule has 2 N–H and O–H groups in total. The zero-order valence-electron chi connectivity index (χ0n) is 16.3. The van der Waals surface area contributed by atoms with Crippen LogP contribution in [0.25, 0.3) is 5.69 Å². The van der Waals surface area contributed by atoms with Crippen LogP contribution in [0.15, 0.2) is 61.2 Å². The number of rotatable bonds is 6. The van der Waals surface area contributed by atoms with E-state index in [1.165, 1.54) is 6.33 Å². The summed E-state index contributed by atoms with van der Waals surface area (Å²) in [5, 5.41) is 10.0. The van der Waals surface area contributed by atoms with E-state index in [4.69, 9.17) is 0 Å². The van der Waals surface area contributed by atoms with Gasteiger partial charge in [-0.2, -0.15) is 5.10 Å². The summed E-state index contributed by atoms with van der Waals surface area (Å²) in [4.78, 5) is 28.0. The van der Waals surface area contributed by atoms with E-state index in [-0.39, 0.29) is 11.8 Å². The van der Waals surface area contributed by atoms with Crippen LogP contribution < -0.4 is 10.6 Å². The number of benzene rings is 2. The Balaban J connectivity index is 1.42. The summed E-state index contributed by atoms with van der Waals surface area (Å²) in [5.74, 6) is -0.378. The van der Waals surface area contributed by atoms with Crippen molar-refractivity contribution in [2.75, 3.05) is 5.32 Å². The van der Waals surface area contributed by atoms with Crippen molar-refractivity contribution < 1.29 is 9.59 Å². The van der Waals surface area contributed by atoms with Gasteiger partial charge in [0.15, 0.2) is 0 Å². The van der Waals surface area contributed by atoms with Gasteiger partial charge in [-0.1, -0.05) is 31.2 Å². The molecule has 0 aliphatic carbocycles. The van der Waals surface area contributed by atoms with Crippen LogP contribution in [0.3, 0.4) is 0 Å². The summed E-state index contributed by atoms with van der Waals surface area (Å²) in [7, 11) is 0. The summed E-state index contributed by atoms with van der Waals surface area (Å²) in [6, 6.07) is 16.0. The first-order valence-electron chi connectivity index (χ1n) is 9.73. The number of carbonyl (C=O) groups is 2. The molecule has 1 saturated heterocycles. The van der Waals surface area contributed by atoms with E-state index in [1.54, 1.807) is 11.0 Å². The zero-order valence-corrected chi connectivity index (χ0v) is 16.3. The molecule has 0 saturated carbocycles. The third kappa shape index (κ3) is 3.76. The van der Waals surface area contributed by atoms with Crippen LogP contribution in [0.1, 0.15) is 37.3 Å². The quantitative estimate of drug-likeness (QED) is 0.633. The van der Waals surface area contributed by atoms with Crippen molar-refractivity contribution in [1.82, 2.24) is 20.1 Å². The van der Waals surface area contributed by atoms with Gasteiger partial charge >= 0.3 is 0 Å². The Labute approximate surface area is 169 Å². The zero-order chi connectivity index (χ0) is 20.3. The molecule has 3 aromatic rings. The molecule has 1 atom stereocenters. The van der Waals surface area contributed by atoms with E-state index in [1.807, 2.05) is 55.5 Å². The van der Waals surface area contributed by atoms with Gasteiger partial charge < -0.3 is 5.32 Å². The van der Waals surface area contributed by atoms with Crippen molar-refractivity contribution in [2.24, 2.45) is 0 Å². The molecule has 148 valence electrons. The van der Waals surface area contributed by atoms with Crippen molar-refractivity contribution in [1.29, 1.82) is 0 Å². The lowest BCUT2D eigenvalue weighted by molar-refractivity contribution is -0.138. The molecule has 1 fully saturated rings. The van der Waals surface area contributed by atoms with Gasteiger partial charge in [-0.15, -0.1) is 0 Å². The van der Waals surface area contributed by atoms with E-state index in [0.29, 0.717) is 25.8 Å². The molecule has 0 spiro atoms. The van der Waals surface area contributed by atoms with Gasteiger partial charge in [0.25, 0.3) is 0 Å². The SMILES string of the molecule is CC[C@]1(c2ccc(NCc3ccc(-n4cncn4)cc3)cc2)CCC(=O)NC1=O. The standard InChI is InChI=1S/C22H23N5O2/c1-2-22(12-11-20(28)26-21(22)29)17-5-7-18(8-6-17)24-13-16-3-9-19(10-4-16)27-15-23-14-25-27/h3-10,14-15,24H,2,11-13H2,1H3,(H,26,28,29)/t22-/m1/s1. The highest BCUT2D eigenvalue weighted by Gasteiger charge is 2.42. The highest BCUT2D eigenvalue weighted by atomic mass is 16.2. The Morgan fingerprint density at radius 3 is 2.48 bits per heavy atom. The molecule has 1 aliphatic rings. The number of nitrogens with zero attached hydrogens (tertiary/aromatic N) is 3. The Kier molecular flexibility index (Phi) is 5.12. The Morgan fingerprint density at radius 1 is 1.10 bits per heavy atom. The lowest BCUT2D eigenvalue weighted by atomic mass is 9.72. The van der Waals surface area contributed by atoms with Crippen molar-refractivity contribution in [2.45, 2.75) is 38.1 Å². The number of hydrogen-bond acceptors (Lipinski definition) is 5. The fraction of sp³-hybridized carbons (Fsp3) is 0.273. The van der Waals surface area contributed by atoms with E-state index >= 15 is 0 Å². The van der Waals surface area contributed by atoms with Gasteiger partial charge in [0.1, 0.15) is 12.7 Å². The normalized spacial score (nSPS) is 19.1. The molecule has 29 heavy (non-hydrogen) atoms. The first-order chi connectivity index (χ1) is 14.1. The smallest absolute Gasteiger partial charge is 0.237 e. The Bertz CT molecular complexity index is 997. The van der Waals surface area contributed by atoms with Crippen LogP contribution in [0, 0.1) is 0 Å². The number of anilines is 1. The minimum atomic E-state index is -0.621. The first kappa shape index (κ1) is 18.9. The topological polar surface area (TPSA) is 88.9 Å². The third-order valence-corrected chi connectivity index (χ3v) is 5.62. The fourth-order valence-electron chi connectivity index (χ4n) is 3.79. The minimum Gasteiger partial charge on any atom is -0.381 e. The molecule has 2 heterocycles. The molecular formula is C22H23N5O2. The maximum atomic E-state index is 12.5. The molecule has 7 heteroatoms. The van der Waals surface area contributed by atoms with Gasteiger partial charge in [-0.25, -0.2) is 9.67 Å². The lowest BCUT2D eigenvalue weighted by Crippen LogP contribution is -2.51.